The van der Waals surface area contributed by atoms with Gasteiger partial charge in [-0.3, -0.25) is 4.79 Å². The maximum Gasteiger partial charge on any atom is 0.245 e. The molecule has 1 aromatic heterocycles. The predicted molar refractivity (Wildman–Crippen MR) is 82.5 cm³/mol. The maximum atomic E-state index is 11.8. The van der Waals surface area contributed by atoms with Gasteiger partial charge < -0.3 is 9.30 Å². The molecule has 0 aliphatic heterocycles. The third kappa shape index (κ3) is 4.49. The number of nitrogens with zero attached hydrogens (tertiary/aromatic N) is 2. The zero-order valence-corrected chi connectivity index (χ0v) is 12.2. The van der Waals surface area contributed by atoms with Crippen molar-refractivity contribution in [3.05, 3.63) is 53.9 Å². The summed E-state index contributed by atoms with van der Waals surface area (Å²) >= 11 is 0. The van der Waals surface area contributed by atoms with Crippen molar-refractivity contribution in [2.75, 3.05) is 6.61 Å². The molecule has 0 spiro atoms. The number of hydrogen-bond donors (Lipinski definition) is 1. The molecule has 1 amide bonds. The van der Waals surface area contributed by atoms with Crippen molar-refractivity contribution < 1.29 is 9.53 Å². The van der Waals surface area contributed by atoms with Crippen LogP contribution in [0.2, 0.25) is 0 Å². The lowest BCUT2D eigenvalue weighted by molar-refractivity contribution is -0.120. The second-order valence-electron chi connectivity index (χ2n) is 4.59. The summed E-state index contributed by atoms with van der Waals surface area (Å²) in [5.41, 5.74) is 4.34. The first-order valence-electron chi connectivity index (χ1n) is 6.84. The van der Waals surface area contributed by atoms with Crippen molar-refractivity contribution >= 4 is 12.1 Å². The normalized spacial score (nSPS) is 10.8. The highest BCUT2D eigenvalue weighted by Gasteiger charge is 2.04. The second kappa shape index (κ2) is 7.28. The van der Waals surface area contributed by atoms with E-state index in [-0.39, 0.29) is 5.91 Å². The number of benzene rings is 1. The summed E-state index contributed by atoms with van der Waals surface area (Å²) in [6.45, 7) is 2.55. The molecule has 1 N–H and O–H groups in total. The smallest absolute Gasteiger partial charge is 0.245 e. The van der Waals surface area contributed by atoms with Gasteiger partial charge in [0.25, 0.3) is 0 Å². The van der Waals surface area contributed by atoms with Gasteiger partial charge in [0.15, 0.2) is 0 Å². The molecule has 0 unspecified atom stereocenters. The molecule has 0 aliphatic carbocycles. The molecule has 21 heavy (non-hydrogen) atoms. The van der Waals surface area contributed by atoms with Crippen LogP contribution in [0, 0.1) is 0 Å². The Balaban J connectivity index is 1.88. The third-order valence-electron chi connectivity index (χ3n) is 2.96. The first-order valence-corrected chi connectivity index (χ1v) is 6.84. The highest BCUT2D eigenvalue weighted by Crippen LogP contribution is 2.11. The van der Waals surface area contributed by atoms with Crippen LogP contribution in [-0.4, -0.2) is 23.3 Å². The minimum atomic E-state index is -0.144. The Morgan fingerprint density at radius 2 is 2.24 bits per heavy atom. The fourth-order valence-corrected chi connectivity index (χ4v) is 1.91. The Morgan fingerprint density at radius 1 is 1.38 bits per heavy atom. The molecular weight excluding hydrogens is 266 g/mol. The van der Waals surface area contributed by atoms with Gasteiger partial charge in [0, 0.05) is 18.9 Å². The van der Waals surface area contributed by atoms with Gasteiger partial charge in [-0.25, -0.2) is 5.43 Å². The summed E-state index contributed by atoms with van der Waals surface area (Å²) in [6, 6.07) is 11.4. The topological polar surface area (TPSA) is 55.6 Å². The number of nitrogens with one attached hydrogen (secondary N) is 1. The van der Waals surface area contributed by atoms with Crippen LogP contribution in [0.4, 0.5) is 0 Å². The van der Waals surface area contributed by atoms with Gasteiger partial charge in [0.1, 0.15) is 5.75 Å². The summed E-state index contributed by atoms with van der Waals surface area (Å²) in [4.78, 5) is 11.8. The van der Waals surface area contributed by atoms with Crippen LogP contribution >= 0.6 is 0 Å². The van der Waals surface area contributed by atoms with Crippen molar-refractivity contribution in [3.8, 4) is 5.75 Å². The van der Waals surface area contributed by atoms with Crippen LogP contribution in [0.15, 0.2) is 47.7 Å². The summed E-state index contributed by atoms with van der Waals surface area (Å²) < 4.78 is 7.32. The predicted octanol–water partition coefficient (Wildman–Crippen LogP) is 2.12. The monoisotopic (exact) mass is 285 g/mol. The zero-order valence-electron chi connectivity index (χ0n) is 12.2. The Kier molecular flexibility index (Phi) is 5.15. The Hall–Kier alpha value is -2.56. The van der Waals surface area contributed by atoms with E-state index >= 15 is 0 Å². The van der Waals surface area contributed by atoms with E-state index in [0.29, 0.717) is 13.0 Å². The average molecular weight is 285 g/mol. The number of carbonyl (C=O) groups excluding carboxylic acids is 1. The highest BCUT2D eigenvalue weighted by molar-refractivity contribution is 5.83. The van der Waals surface area contributed by atoms with E-state index in [0.717, 1.165) is 17.0 Å². The van der Waals surface area contributed by atoms with Crippen molar-refractivity contribution in [2.45, 2.75) is 13.3 Å². The van der Waals surface area contributed by atoms with Crippen LogP contribution in [0.5, 0.6) is 5.75 Å². The van der Waals surface area contributed by atoms with Crippen LogP contribution in [0.3, 0.4) is 0 Å². The molecule has 0 saturated heterocycles. The largest absolute Gasteiger partial charge is 0.494 e. The van der Waals surface area contributed by atoms with Gasteiger partial charge in [-0.2, -0.15) is 5.10 Å². The van der Waals surface area contributed by atoms with Crippen molar-refractivity contribution in [2.24, 2.45) is 12.1 Å². The molecule has 0 saturated carbocycles. The fourth-order valence-electron chi connectivity index (χ4n) is 1.91. The van der Waals surface area contributed by atoms with Crippen LogP contribution < -0.4 is 10.2 Å². The number of hydrazone groups is 1. The SMILES string of the molecule is CCOc1cccc(C=NNC(=O)Cc2cccn2C)c1. The molecule has 5 nitrogen and oxygen atoms in total. The molecule has 110 valence electrons. The van der Waals surface area contributed by atoms with Gasteiger partial charge in [-0.1, -0.05) is 12.1 Å². The molecule has 0 atom stereocenters. The van der Waals surface area contributed by atoms with Gasteiger partial charge in [-0.05, 0) is 36.8 Å². The molecule has 0 radical (unpaired) electrons. The maximum absolute atomic E-state index is 11.8. The van der Waals surface area contributed by atoms with Crippen LogP contribution in [-0.2, 0) is 18.3 Å². The van der Waals surface area contributed by atoms with E-state index in [9.17, 15) is 4.79 Å². The Bertz CT molecular complexity index is 632. The number of aromatic nitrogens is 1. The summed E-state index contributed by atoms with van der Waals surface area (Å²) in [7, 11) is 1.91. The molecule has 5 heteroatoms. The van der Waals surface area contributed by atoms with Crippen molar-refractivity contribution in [3.63, 3.8) is 0 Å². The molecule has 2 aromatic rings. The fraction of sp³-hybridized carbons (Fsp3) is 0.250. The van der Waals surface area contributed by atoms with Crippen LogP contribution in [0.1, 0.15) is 18.2 Å². The van der Waals surface area contributed by atoms with E-state index in [1.807, 2.05) is 61.1 Å². The molecular formula is C16H19N3O2. The standard InChI is InChI=1S/C16H19N3O2/c1-3-21-15-8-4-6-13(10-15)12-17-18-16(20)11-14-7-5-9-19(14)2/h4-10,12H,3,11H2,1-2H3,(H,18,20). The molecule has 1 heterocycles. The van der Waals surface area contributed by atoms with Crippen molar-refractivity contribution in [1.82, 2.24) is 9.99 Å². The van der Waals surface area contributed by atoms with Gasteiger partial charge in [0.2, 0.25) is 5.91 Å². The summed E-state index contributed by atoms with van der Waals surface area (Å²) in [5.74, 6) is 0.644. The minimum Gasteiger partial charge on any atom is -0.494 e. The number of amides is 1. The van der Waals surface area contributed by atoms with E-state index < -0.39 is 0 Å². The lowest BCUT2D eigenvalue weighted by atomic mass is 10.2. The first kappa shape index (κ1) is 14.8. The minimum absolute atomic E-state index is 0.144. The molecule has 0 fully saturated rings. The third-order valence-corrected chi connectivity index (χ3v) is 2.96. The zero-order chi connectivity index (χ0) is 15.1. The van der Waals surface area contributed by atoms with E-state index in [1.165, 1.54) is 0 Å². The number of rotatable bonds is 6. The van der Waals surface area contributed by atoms with E-state index in [4.69, 9.17) is 4.74 Å². The lowest BCUT2D eigenvalue weighted by Crippen LogP contribution is -2.20. The van der Waals surface area contributed by atoms with Crippen molar-refractivity contribution in [1.29, 1.82) is 0 Å². The van der Waals surface area contributed by atoms with E-state index in [2.05, 4.69) is 10.5 Å². The Labute approximate surface area is 124 Å². The Morgan fingerprint density at radius 3 is 2.95 bits per heavy atom. The molecule has 0 aliphatic rings. The highest BCUT2D eigenvalue weighted by atomic mass is 16.5. The van der Waals surface area contributed by atoms with Gasteiger partial charge >= 0.3 is 0 Å². The molecule has 1 aromatic carbocycles. The first-order chi connectivity index (χ1) is 10.2. The second-order valence-corrected chi connectivity index (χ2v) is 4.59. The van der Waals surface area contributed by atoms with Gasteiger partial charge in [-0.15, -0.1) is 0 Å². The summed E-state index contributed by atoms with van der Waals surface area (Å²) in [6.07, 6.45) is 3.82. The summed E-state index contributed by atoms with van der Waals surface area (Å²) in [5, 5.41) is 3.96. The average Bonchev–Trinajstić information content (AvgIpc) is 2.85. The number of carbonyl (C=O) groups is 1. The quantitative estimate of drug-likeness (QED) is 0.653. The number of aryl methyl sites for hydroxylation is 1. The van der Waals surface area contributed by atoms with Gasteiger partial charge in [0.05, 0.1) is 19.2 Å². The molecule has 0 bridgehead atoms. The molecule has 2 rings (SSSR count). The van der Waals surface area contributed by atoms with E-state index in [1.54, 1.807) is 6.21 Å². The number of ether oxygens (including phenoxy) is 1. The lowest BCUT2D eigenvalue weighted by Gasteiger charge is -2.03. The van der Waals surface area contributed by atoms with Crippen LogP contribution in [0.25, 0.3) is 0 Å². The number of hydrogen-bond acceptors (Lipinski definition) is 3.